The second-order valence-electron chi connectivity index (χ2n) is 1.22. The number of hydrogen-bond donors (Lipinski definition) is 3. The monoisotopic (exact) mass is 355 g/mol. The SMILES string of the molecule is NCC(N)CO.[Cl][Pt][Cl]. The van der Waals surface area contributed by atoms with Crippen LogP contribution < -0.4 is 11.5 Å². The number of hydrogen-bond acceptors (Lipinski definition) is 3. The first kappa shape index (κ1) is 12.8. The Morgan fingerprint density at radius 1 is 1.56 bits per heavy atom. The van der Waals surface area contributed by atoms with E-state index in [4.69, 9.17) is 35.4 Å². The van der Waals surface area contributed by atoms with E-state index in [0.717, 1.165) is 0 Å². The zero-order chi connectivity index (χ0) is 7.70. The fourth-order valence-corrected chi connectivity index (χ4v) is 0.0745. The van der Waals surface area contributed by atoms with Gasteiger partial charge in [0.15, 0.2) is 0 Å². The Labute approximate surface area is 71.1 Å². The van der Waals surface area contributed by atoms with Crippen molar-refractivity contribution < 1.29 is 21.6 Å². The van der Waals surface area contributed by atoms with E-state index in [0.29, 0.717) is 6.54 Å². The molecular formula is C3H10Cl2N2OPt. The Morgan fingerprint density at radius 3 is 1.89 bits per heavy atom. The average molecular weight is 356 g/mol. The molecule has 0 aliphatic rings. The predicted octanol–water partition coefficient (Wildman–Crippen LogP) is -0.359. The average Bonchev–Trinajstić information content (AvgIpc) is 1.88. The molecule has 3 nitrogen and oxygen atoms in total. The summed E-state index contributed by atoms with van der Waals surface area (Å²) in [6.07, 6.45) is 0. The summed E-state index contributed by atoms with van der Waals surface area (Å²) >= 11 is -0.472. The first-order valence-corrected chi connectivity index (χ1v) is 7.74. The summed E-state index contributed by atoms with van der Waals surface area (Å²) in [5, 5.41) is 8.13. The van der Waals surface area contributed by atoms with Gasteiger partial charge in [0.05, 0.1) is 6.61 Å². The third-order valence-electron chi connectivity index (χ3n) is 0.537. The summed E-state index contributed by atoms with van der Waals surface area (Å²) in [6.45, 7) is 0.340. The van der Waals surface area contributed by atoms with Gasteiger partial charge in [-0.3, -0.25) is 0 Å². The van der Waals surface area contributed by atoms with Crippen molar-refractivity contribution >= 4 is 18.8 Å². The van der Waals surface area contributed by atoms with Gasteiger partial charge in [0.1, 0.15) is 0 Å². The number of aliphatic hydroxyl groups is 1. The van der Waals surface area contributed by atoms with Crippen molar-refractivity contribution in [1.82, 2.24) is 0 Å². The van der Waals surface area contributed by atoms with Crippen molar-refractivity contribution in [3.05, 3.63) is 0 Å². The van der Waals surface area contributed by atoms with Crippen LogP contribution in [0.3, 0.4) is 0 Å². The van der Waals surface area contributed by atoms with Crippen LogP contribution in [0.1, 0.15) is 0 Å². The Kier molecular flexibility index (Phi) is 16.9. The Morgan fingerprint density at radius 2 is 1.89 bits per heavy atom. The van der Waals surface area contributed by atoms with Gasteiger partial charge in [-0.1, -0.05) is 0 Å². The molecule has 0 bridgehead atoms. The van der Waals surface area contributed by atoms with Gasteiger partial charge in [-0.25, -0.2) is 0 Å². The van der Waals surface area contributed by atoms with Crippen LogP contribution >= 0.6 is 18.8 Å². The zero-order valence-corrected chi connectivity index (χ0v) is 8.45. The molecule has 0 spiro atoms. The molecule has 0 aliphatic carbocycles. The minimum absolute atomic E-state index is 0.0174. The van der Waals surface area contributed by atoms with E-state index in [1.807, 2.05) is 0 Å². The number of halogens is 2. The second kappa shape index (κ2) is 11.9. The summed E-state index contributed by atoms with van der Waals surface area (Å²) in [7, 11) is 9.75. The van der Waals surface area contributed by atoms with Crippen LogP contribution in [0, 0.1) is 0 Å². The maximum atomic E-state index is 8.13. The van der Waals surface area contributed by atoms with Gasteiger partial charge in [-0.2, -0.15) is 0 Å². The topological polar surface area (TPSA) is 72.3 Å². The molecule has 9 heavy (non-hydrogen) atoms. The van der Waals surface area contributed by atoms with Gasteiger partial charge >= 0.3 is 35.3 Å². The number of nitrogens with two attached hydrogens (primary N) is 2. The molecule has 0 fully saturated rings. The van der Waals surface area contributed by atoms with Gasteiger partial charge in [0.25, 0.3) is 0 Å². The van der Waals surface area contributed by atoms with E-state index in [-0.39, 0.29) is 12.6 Å². The molecule has 0 aromatic heterocycles. The van der Waals surface area contributed by atoms with Gasteiger partial charge in [0, 0.05) is 12.6 Å². The van der Waals surface area contributed by atoms with Crippen molar-refractivity contribution in [2.45, 2.75) is 6.04 Å². The van der Waals surface area contributed by atoms with Crippen LogP contribution in [0.2, 0.25) is 0 Å². The van der Waals surface area contributed by atoms with E-state index in [1.165, 1.54) is 0 Å². The third-order valence-corrected chi connectivity index (χ3v) is 0.537. The van der Waals surface area contributed by atoms with Crippen LogP contribution in [0.15, 0.2) is 0 Å². The van der Waals surface area contributed by atoms with Crippen LogP contribution in [0.4, 0.5) is 0 Å². The molecule has 5 N–H and O–H groups in total. The second-order valence-corrected chi connectivity index (χ2v) is 4.51. The molecule has 0 aliphatic heterocycles. The van der Waals surface area contributed by atoms with E-state index < -0.39 is 16.5 Å². The first-order valence-electron chi connectivity index (χ1n) is 2.11. The van der Waals surface area contributed by atoms with E-state index in [2.05, 4.69) is 0 Å². The molecule has 0 aromatic rings. The van der Waals surface area contributed by atoms with E-state index in [9.17, 15) is 0 Å². The molecular weight excluding hydrogens is 346 g/mol. The zero-order valence-electron chi connectivity index (χ0n) is 4.67. The maximum absolute atomic E-state index is 8.13. The minimum atomic E-state index is -0.472. The summed E-state index contributed by atoms with van der Waals surface area (Å²) in [6, 6.07) is -0.231. The fraction of sp³-hybridized carbons (Fsp3) is 1.00. The molecule has 1 atom stereocenters. The summed E-state index contributed by atoms with van der Waals surface area (Å²) in [5.41, 5.74) is 10.1. The molecule has 0 saturated heterocycles. The van der Waals surface area contributed by atoms with Crippen molar-refractivity contribution in [3.8, 4) is 0 Å². The molecule has 62 valence electrons. The van der Waals surface area contributed by atoms with Crippen LogP contribution in [-0.4, -0.2) is 24.3 Å². The Balaban J connectivity index is 0. The van der Waals surface area contributed by atoms with Crippen LogP contribution in [-0.2, 0) is 16.5 Å². The summed E-state index contributed by atoms with van der Waals surface area (Å²) in [5.74, 6) is 0. The van der Waals surface area contributed by atoms with Gasteiger partial charge < -0.3 is 16.6 Å². The number of rotatable bonds is 2. The predicted molar refractivity (Wildman–Crippen MR) is 35.8 cm³/mol. The summed E-state index contributed by atoms with van der Waals surface area (Å²) in [4.78, 5) is 0. The molecule has 0 rings (SSSR count). The van der Waals surface area contributed by atoms with Crippen LogP contribution in [0.25, 0.3) is 0 Å². The number of aliphatic hydroxyl groups excluding tert-OH is 1. The van der Waals surface area contributed by atoms with Crippen molar-refractivity contribution in [2.24, 2.45) is 11.5 Å². The van der Waals surface area contributed by atoms with Gasteiger partial charge in [-0.15, -0.1) is 0 Å². The van der Waals surface area contributed by atoms with Crippen molar-refractivity contribution in [1.29, 1.82) is 0 Å². The Bertz CT molecular complexity index is 46.8. The normalized spacial score (nSPS) is 12.1. The Hall–Kier alpha value is 1.15. The standard InChI is InChI=1S/C3H10N2O.2ClH.Pt/c4-1-3(5)2-6;;;/h3,6H,1-2,4-5H2;2*1H;/q;;;+2/p-2. The molecule has 0 radical (unpaired) electrons. The third kappa shape index (κ3) is 17.6. The van der Waals surface area contributed by atoms with E-state index in [1.54, 1.807) is 0 Å². The van der Waals surface area contributed by atoms with Gasteiger partial charge in [-0.05, 0) is 0 Å². The van der Waals surface area contributed by atoms with Gasteiger partial charge in [0.2, 0.25) is 0 Å². The quantitative estimate of drug-likeness (QED) is 0.633. The summed E-state index contributed by atoms with van der Waals surface area (Å²) < 4.78 is 0. The van der Waals surface area contributed by atoms with E-state index >= 15 is 0 Å². The molecule has 0 saturated carbocycles. The van der Waals surface area contributed by atoms with Crippen molar-refractivity contribution in [3.63, 3.8) is 0 Å². The fourth-order valence-electron chi connectivity index (χ4n) is 0.0745. The molecule has 0 amide bonds. The molecule has 0 aromatic carbocycles. The van der Waals surface area contributed by atoms with Crippen LogP contribution in [0.5, 0.6) is 0 Å². The first-order chi connectivity index (χ1) is 4.22. The molecule has 1 unspecified atom stereocenters. The van der Waals surface area contributed by atoms with Crippen molar-refractivity contribution in [2.75, 3.05) is 13.2 Å². The molecule has 0 heterocycles. The molecule has 6 heteroatoms.